The molecule has 0 aromatic heterocycles. The highest BCUT2D eigenvalue weighted by Crippen LogP contribution is 2.67. The fourth-order valence-corrected chi connectivity index (χ4v) is 7.61. The van der Waals surface area contributed by atoms with Crippen LogP contribution in [-0.4, -0.2) is 51.0 Å². The van der Waals surface area contributed by atoms with Gasteiger partial charge in [0.15, 0.2) is 5.78 Å². The molecule has 6 nitrogen and oxygen atoms in total. The lowest BCUT2D eigenvalue weighted by molar-refractivity contribution is -0.152. The molecule has 0 bridgehead atoms. The number of fused-ring (bicyclic) bond motifs is 1. The largest absolute Gasteiger partial charge is 0.462 e. The van der Waals surface area contributed by atoms with Crippen LogP contribution in [0.25, 0.3) is 0 Å². The number of hydrogen-bond donors (Lipinski definition) is 2. The van der Waals surface area contributed by atoms with E-state index in [0.29, 0.717) is 37.7 Å². The van der Waals surface area contributed by atoms with E-state index in [2.05, 4.69) is 19.6 Å². The summed E-state index contributed by atoms with van der Waals surface area (Å²) in [5.41, 5.74) is 5.32. The lowest BCUT2D eigenvalue weighted by Crippen LogP contribution is -2.48. The van der Waals surface area contributed by atoms with Gasteiger partial charge < -0.3 is 19.7 Å². The number of aliphatic hydroxyl groups is 2. The minimum Gasteiger partial charge on any atom is -0.462 e. The van der Waals surface area contributed by atoms with Crippen molar-refractivity contribution in [2.24, 2.45) is 10.8 Å². The predicted molar refractivity (Wildman–Crippen MR) is 185 cm³/mol. The van der Waals surface area contributed by atoms with Crippen molar-refractivity contribution in [2.75, 3.05) is 0 Å². The molecule has 46 heavy (non-hydrogen) atoms. The first-order chi connectivity index (χ1) is 21.1. The van der Waals surface area contributed by atoms with Crippen molar-refractivity contribution in [3.8, 4) is 0 Å². The molecule has 0 aromatic rings. The topological polar surface area (TPSA) is 96.4 Å². The molecule has 5 unspecified atom stereocenters. The first-order valence-electron chi connectivity index (χ1n) is 16.5. The van der Waals surface area contributed by atoms with Crippen LogP contribution < -0.4 is 0 Å². The molecular weight excluding hydrogens is 576 g/mol. The molecule has 6 heteroatoms. The normalized spacial score (nSPS) is 33.1. The lowest BCUT2D eigenvalue weighted by atomic mass is 9.61. The van der Waals surface area contributed by atoms with Gasteiger partial charge in [-0.05, 0) is 82.4 Å². The lowest BCUT2D eigenvalue weighted by Gasteiger charge is -2.44. The fraction of sp³-hybridized carbons (Fsp3) is 0.575. The van der Waals surface area contributed by atoms with Crippen molar-refractivity contribution in [1.29, 1.82) is 0 Å². The molecule has 1 heterocycles. The van der Waals surface area contributed by atoms with E-state index in [4.69, 9.17) is 9.47 Å². The van der Waals surface area contributed by atoms with E-state index in [-0.39, 0.29) is 34.8 Å². The molecule has 3 rings (SSSR count). The van der Waals surface area contributed by atoms with E-state index in [0.717, 1.165) is 22.3 Å². The van der Waals surface area contributed by atoms with Crippen LogP contribution >= 0.6 is 0 Å². The maximum Gasteiger partial charge on any atom is 0.302 e. The maximum absolute atomic E-state index is 13.1. The molecule has 0 spiro atoms. The van der Waals surface area contributed by atoms with Gasteiger partial charge in [0.25, 0.3) is 0 Å². The summed E-state index contributed by atoms with van der Waals surface area (Å²) in [7, 11) is 0. The van der Waals surface area contributed by atoms with E-state index in [9.17, 15) is 19.8 Å². The number of aliphatic hydroxyl groups excluding tert-OH is 1. The summed E-state index contributed by atoms with van der Waals surface area (Å²) in [6.45, 7) is 21.4. The summed E-state index contributed by atoms with van der Waals surface area (Å²) >= 11 is 0. The summed E-state index contributed by atoms with van der Waals surface area (Å²) < 4.78 is 11.6. The van der Waals surface area contributed by atoms with Gasteiger partial charge in [-0.2, -0.15) is 0 Å². The SMILES string of the molecule is CC(=O)OC1CC(C)(C)C(=C=CC(C)=CC=CC(C)=CC=C(C)C=CC=C(C)C(=O)CC23OC2(C)CC(O)CC3(C)C)C(C)(O)C1. The molecular formula is C40H56O6. The van der Waals surface area contributed by atoms with Gasteiger partial charge in [-0.3, -0.25) is 9.59 Å². The van der Waals surface area contributed by atoms with Crippen molar-refractivity contribution in [3.05, 3.63) is 88.3 Å². The average Bonchev–Trinajstić information content (AvgIpc) is 3.49. The molecule has 0 amide bonds. The Hall–Kier alpha value is -3.02. The Morgan fingerprint density at radius 2 is 1.43 bits per heavy atom. The molecule has 0 aromatic carbocycles. The minimum absolute atomic E-state index is 0.0791. The van der Waals surface area contributed by atoms with Gasteiger partial charge in [0.2, 0.25) is 0 Å². The average molecular weight is 633 g/mol. The highest BCUT2D eigenvalue weighted by Gasteiger charge is 2.76. The monoisotopic (exact) mass is 632 g/mol. The number of epoxide rings is 1. The third-order valence-electron chi connectivity index (χ3n) is 9.91. The molecule has 2 aliphatic carbocycles. The van der Waals surface area contributed by atoms with E-state index < -0.39 is 16.8 Å². The molecule has 5 atom stereocenters. The van der Waals surface area contributed by atoms with Gasteiger partial charge in [-0.15, -0.1) is 5.73 Å². The van der Waals surface area contributed by atoms with Crippen LogP contribution in [0.2, 0.25) is 0 Å². The van der Waals surface area contributed by atoms with Gasteiger partial charge in [0.1, 0.15) is 11.7 Å². The van der Waals surface area contributed by atoms with Crippen LogP contribution in [-0.2, 0) is 19.1 Å². The standard InChI is InChI=1S/C40H56O6/c1-27(14-12-15-29(3)20-21-35-36(6,7)24-33(45-31(5)41)25-38(35,10)44)18-19-28(2)16-13-17-30(4)34(43)26-40-37(8,9)22-32(42)23-39(40,11)46-40/h12-20,32-33,42,44H,22-26H2,1-11H3. The number of Topliss-reactive ketones (excluding diaryl/α,β-unsaturated/α-hetero) is 1. The Bertz CT molecular complexity index is 1430. The molecule has 2 N–H and O–H groups in total. The second-order valence-corrected chi connectivity index (χ2v) is 15.5. The van der Waals surface area contributed by atoms with Gasteiger partial charge in [-0.1, -0.05) is 87.4 Å². The first-order valence-corrected chi connectivity index (χ1v) is 16.5. The second-order valence-electron chi connectivity index (χ2n) is 15.5. The summed E-state index contributed by atoms with van der Waals surface area (Å²) in [4.78, 5) is 24.6. The fourth-order valence-electron chi connectivity index (χ4n) is 7.61. The Kier molecular flexibility index (Phi) is 11.4. The van der Waals surface area contributed by atoms with Crippen LogP contribution in [0.1, 0.15) is 108 Å². The van der Waals surface area contributed by atoms with Crippen LogP contribution in [0.4, 0.5) is 0 Å². The Morgan fingerprint density at radius 3 is 1.98 bits per heavy atom. The number of esters is 1. The van der Waals surface area contributed by atoms with Gasteiger partial charge in [0, 0.05) is 31.8 Å². The van der Waals surface area contributed by atoms with E-state index >= 15 is 0 Å². The maximum atomic E-state index is 13.1. The van der Waals surface area contributed by atoms with Crippen molar-refractivity contribution in [1.82, 2.24) is 0 Å². The Morgan fingerprint density at radius 1 is 0.848 bits per heavy atom. The predicted octanol–water partition coefficient (Wildman–Crippen LogP) is 8.14. The number of ketones is 1. The highest BCUT2D eigenvalue weighted by molar-refractivity contribution is 5.96. The molecule has 0 radical (unpaired) electrons. The molecule has 252 valence electrons. The molecule has 3 fully saturated rings. The van der Waals surface area contributed by atoms with Crippen LogP contribution in [0.15, 0.2) is 88.3 Å². The zero-order chi connectivity index (χ0) is 34.7. The zero-order valence-electron chi connectivity index (χ0n) is 29.9. The van der Waals surface area contributed by atoms with Gasteiger partial charge in [0.05, 0.1) is 17.3 Å². The number of carbonyl (C=O) groups excluding carboxylic acids is 2. The van der Waals surface area contributed by atoms with Crippen molar-refractivity contribution < 1.29 is 29.3 Å². The second kappa shape index (κ2) is 14.0. The van der Waals surface area contributed by atoms with Crippen molar-refractivity contribution in [3.63, 3.8) is 0 Å². The molecule has 1 aliphatic heterocycles. The number of hydrogen-bond acceptors (Lipinski definition) is 6. The third kappa shape index (κ3) is 8.86. The Labute approximate surface area is 277 Å². The highest BCUT2D eigenvalue weighted by atomic mass is 16.6. The summed E-state index contributed by atoms with van der Waals surface area (Å²) in [5, 5.41) is 21.4. The quantitative estimate of drug-likeness (QED) is 0.0830. The van der Waals surface area contributed by atoms with E-state index in [1.807, 2.05) is 103 Å². The minimum atomic E-state index is -1.11. The molecule has 2 saturated carbocycles. The number of ether oxygens (including phenoxy) is 2. The third-order valence-corrected chi connectivity index (χ3v) is 9.91. The van der Waals surface area contributed by atoms with Gasteiger partial charge >= 0.3 is 5.97 Å². The van der Waals surface area contributed by atoms with Crippen LogP contribution in [0.3, 0.4) is 0 Å². The summed E-state index contributed by atoms with van der Waals surface area (Å²) in [6, 6.07) is 0. The van der Waals surface area contributed by atoms with Crippen molar-refractivity contribution >= 4 is 11.8 Å². The number of carbonyl (C=O) groups is 2. The van der Waals surface area contributed by atoms with E-state index in [1.54, 1.807) is 6.92 Å². The first kappa shape index (κ1) is 37.4. The summed E-state index contributed by atoms with van der Waals surface area (Å²) in [6.07, 6.45) is 19.6. The van der Waals surface area contributed by atoms with Gasteiger partial charge in [-0.25, -0.2) is 0 Å². The number of allylic oxidation sites excluding steroid dienone is 12. The zero-order valence-corrected chi connectivity index (χ0v) is 29.9. The number of rotatable bonds is 10. The summed E-state index contributed by atoms with van der Waals surface area (Å²) in [5.74, 6) is -0.248. The molecule has 3 aliphatic rings. The van der Waals surface area contributed by atoms with E-state index in [1.165, 1.54) is 6.92 Å². The van der Waals surface area contributed by atoms with Crippen molar-refractivity contribution in [2.45, 2.75) is 137 Å². The Balaban J connectivity index is 1.58. The van der Waals surface area contributed by atoms with Crippen LogP contribution in [0.5, 0.6) is 0 Å². The smallest absolute Gasteiger partial charge is 0.302 e. The molecule has 1 saturated heterocycles. The van der Waals surface area contributed by atoms with Crippen LogP contribution in [0, 0.1) is 10.8 Å².